The second-order valence-electron chi connectivity index (χ2n) is 5.78. The van der Waals surface area contributed by atoms with Crippen LogP contribution in [0, 0.1) is 20.8 Å². The topological polar surface area (TPSA) is 29.5 Å². The van der Waals surface area contributed by atoms with E-state index >= 15 is 0 Å². The van der Waals surface area contributed by atoms with Crippen molar-refractivity contribution in [1.82, 2.24) is 4.90 Å². The largest absolute Gasteiger partial charge is 0.496 e. The smallest absolute Gasteiger partial charge is 0.177 e. The molecule has 1 aromatic carbocycles. The minimum absolute atomic E-state index is 0.234. The maximum absolute atomic E-state index is 12.6. The highest BCUT2D eigenvalue weighted by molar-refractivity contribution is 5.99. The molecule has 1 heterocycles. The molecule has 0 radical (unpaired) electrons. The summed E-state index contributed by atoms with van der Waals surface area (Å²) in [6, 6.07) is 1.98. The van der Waals surface area contributed by atoms with Crippen LogP contribution in [0.25, 0.3) is 0 Å². The Morgan fingerprint density at radius 2 is 1.80 bits per heavy atom. The molecule has 3 heteroatoms. The lowest BCUT2D eigenvalue weighted by Gasteiger charge is -2.26. The lowest BCUT2D eigenvalue weighted by molar-refractivity contribution is 0.0915. The Labute approximate surface area is 121 Å². The Hall–Kier alpha value is -1.35. The van der Waals surface area contributed by atoms with E-state index in [2.05, 4.69) is 4.90 Å². The van der Waals surface area contributed by atoms with Gasteiger partial charge in [-0.1, -0.05) is 6.42 Å². The quantitative estimate of drug-likeness (QED) is 0.790. The predicted octanol–water partition coefficient (Wildman–Crippen LogP) is 3.29. The van der Waals surface area contributed by atoms with Crippen molar-refractivity contribution in [2.75, 3.05) is 26.7 Å². The Kier molecular flexibility index (Phi) is 4.81. The summed E-state index contributed by atoms with van der Waals surface area (Å²) in [5, 5.41) is 0. The van der Waals surface area contributed by atoms with Crippen molar-refractivity contribution in [3.05, 3.63) is 28.3 Å². The number of carbonyl (C=O) groups excluding carboxylic acids is 1. The van der Waals surface area contributed by atoms with Gasteiger partial charge in [0.15, 0.2) is 5.78 Å². The Balaban J connectivity index is 2.21. The first-order valence-electron chi connectivity index (χ1n) is 7.45. The van der Waals surface area contributed by atoms with Gasteiger partial charge in [0.25, 0.3) is 0 Å². The van der Waals surface area contributed by atoms with Crippen molar-refractivity contribution in [2.45, 2.75) is 40.0 Å². The fourth-order valence-corrected chi connectivity index (χ4v) is 3.07. The van der Waals surface area contributed by atoms with Gasteiger partial charge in [-0.2, -0.15) is 0 Å². The number of hydrogen-bond acceptors (Lipinski definition) is 3. The normalized spacial score (nSPS) is 16.2. The number of likely N-dealkylation sites (tertiary alicyclic amines) is 1. The van der Waals surface area contributed by atoms with Gasteiger partial charge >= 0.3 is 0 Å². The van der Waals surface area contributed by atoms with Gasteiger partial charge in [0.05, 0.1) is 13.7 Å². The van der Waals surface area contributed by atoms with Gasteiger partial charge in [-0.3, -0.25) is 9.69 Å². The monoisotopic (exact) mass is 275 g/mol. The number of aryl methyl sites for hydroxylation is 1. The molecule has 3 nitrogen and oxygen atoms in total. The van der Waals surface area contributed by atoms with Crippen LogP contribution in [0.1, 0.15) is 46.3 Å². The molecule has 0 aliphatic carbocycles. The number of nitrogens with zero attached hydrogens (tertiary/aromatic N) is 1. The fraction of sp³-hybridized carbons (Fsp3) is 0.588. The first-order chi connectivity index (χ1) is 9.54. The van der Waals surface area contributed by atoms with Gasteiger partial charge in [-0.25, -0.2) is 0 Å². The third kappa shape index (κ3) is 3.04. The van der Waals surface area contributed by atoms with Crippen LogP contribution < -0.4 is 4.74 Å². The van der Waals surface area contributed by atoms with E-state index in [0.717, 1.165) is 41.1 Å². The van der Waals surface area contributed by atoms with Gasteiger partial charge in [0.2, 0.25) is 0 Å². The van der Waals surface area contributed by atoms with Crippen molar-refractivity contribution >= 4 is 5.78 Å². The van der Waals surface area contributed by atoms with E-state index in [1.807, 2.05) is 26.8 Å². The molecule has 1 aliphatic heterocycles. The van der Waals surface area contributed by atoms with Crippen LogP contribution in [0.3, 0.4) is 0 Å². The summed E-state index contributed by atoms with van der Waals surface area (Å²) in [6.07, 6.45) is 3.73. The van der Waals surface area contributed by atoms with Crippen LogP contribution in [0.15, 0.2) is 6.07 Å². The second kappa shape index (κ2) is 6.40. The highest BCUT2D eigenvalue weighted by Gasteiger charge is 2.19. The number of piperidine rings is 1. The van der Waals surface area contributed by atoms with Crippen LogP contribution in [0.5, 0.6) is 5.75 Å². The molecule has 110 valence electrons. The standard InChI is InChI=1S/C17H25NO2/c1-12-10-15(13(2)14(3)17(12)20-4)16(19)11-18-8-6-5-7-9-18/h10H,5-9,11H2,1-4H3. The molecule has 0 unspecified atom stereocenters. The summed E-state index contributed by atoms with van der Waals surface area (Å²) in [6.45, 7) is 8.70. The van der Waals surface area contributed by atoms with Crippen molar-refractivity contribution in [3.63, 3.8) is 0 Å². The molecule has 0 aromatic heterocycles. The average Bonchev–Trinajstić information content (AvgIpc) is 2.44. The van der Waals surface area contributed by atoms with Crippen LogP contribution in [0.4, 0.5) is 0 Å². The van der Waals surface area contributed by atoms with E-state index in [1.165, 1.54) is 19.3 Å². The summed E-state index contributed by atoms with van der Waals surface area (Å²) >= 11 is 0. The van der Waals surface area contributed by atoms with E-state index < -0.39 is 0 Å². The molecule has 0 spiro atoms. The summed E-state index contributed by atoms with van der Waals surface area (Å²) in [5.74, 6) is 1.13. The second-order valence-corrected chi connectivity index (χ2v) is 5.78. The maximum Gasteiger partial charge on any atom is 0.177 e. The molecule has 0 saturated carbocycles. The molecule has 2 rings (SSSR count). The number of benzene rings is 1. The van der Waals surface area contributed by atoms with E-state index in [-0.39, 0.29) is 5.78 Å². The van der Waals surface area contributed by atoms with Crippen molar-refractivity contribution in [2.24, 2.45) is 0 Å². The Morgan fingerprint density at radius 3 is 2.40 bits per heavy atom. The predicted molar refractivity (Wildman–Crippen MR) is 81.8 cm³/mol. The van der Waals surface area contributed by atoms with Crippen LogP contribution in [-0.4, -0.2) is 37.4 Å². The first kappa shape index (κ1) is 15.0. The number of Topliss-reactive ketones (excluding diaryl/α,β-unsaturated/α-hetero) is 1. The van der Waals surface area contributed by atoms with Crippen LogP contribution in [-0.2, 0) is 0 Å². The third-order valence-electron chi connectivity index (χ3n) is 4.35. The molecule has 0 amide bonds. The molecule has 1 aromatic rings. The number of rotatable bonds is 4. The molecule has 20 heavy (non-hydrogen) atoms. The molecular weight excluding hydrogens is 250 g/mol. The van der Waals surface area contributed by atoms with E-state index in [4.69, 9.17) is 4.74 Å². The summed E-state index contributed by atoms with van der Waals surface area (Å²) < 4.78 is 5.42. The van der Waals surface area contributed by atoms with Gasteiger partial charge < -0.3 is 4.74 Å². The average molecular weight is 275 g/mol. The lowest BCUT2D eigenvalue weighted by Crippen LogP contribution is -2.34. The van der Waals surface area contributed by atoms with E-state index in [0.29, 0.717) is 6.54 Å². The molecule has 0 N–H and O–H groups in total. The van der Waals surface area contributed by atoms with Gasteiger partial charge in [0.1, 0.15) is 5.75 Å². The number of methoxy groups -OCH3 is 1. The highest BCUT2D eigenvalue weighted by atomic mass is 16.5. The molecule has 0 bridgehead atoms. The first-order valence-corrected chi connectivity index (χ1v) is 7.45. The van der Waals surface area contributed by atoms with E-state index in [9.17, 15) is 4.79 Å². The number of hydrogen-bond donors (Lipinski definition) is 0. The van der Waals surface area contributed by atoms with Crippen LogP contribution >= 0.6 is 0 Å². The van der Waals surface area contributed by atoms with Crippen molar-refractivity contribution in [3.8, 4) is 5.75 Å². The maximum atomic E-state index is 12.6. The summed E-state index contributed by atoms with van der Waals surface area (Å²) in [4.78, 5) is 14.8. The Morgan fingerprint density at radius 1 is 1.15 bits per heavy atom. The van der Waals surface area contributed by atoms with Crippen molar-refractivity contribution < 1.29 is 9.53 Å². The third-order valence-corrected chi connectivity index (χ3v) is 4.35. The van der Waals surface area contributed by atoms with Crippen LogP contribution in [0.2, 0.25) is 0 Å². The minimum Gasteiger partial charge on any atom is -0.496 e. The fourth-order valence-electron chi connectivity index (χ4n) is 3.07. The Bertz CT molecular complexity index is 502. The molecule has 1 fully saturated rings. The molecule has 0 atom stereocenters. The summed E-state index contributed by atoms with van der Waals surface area (Å²) in [5.41, 5.74) is 4.02. The zero-order chi connectivity index (χ0) is 14.7. The van der Waals surface area contributed by atoms with Gasteiger partial charge in [-0.05, 0) is 69.5 Å². The minimum atomic E-state index is 0.234. The SMILES string of the molecule is COc1c(C)cc(C(=O)CN2CCCCC2)c(C)c1C. The number of carbonyl (C=O) groups is 1. The lowest BCUT2D eigenvalue weighted by atomic mass is 9.95. The van der Waals surface area contributed by atoms with Crippen molar-refractivity contribution in [1.29, 1.82) is 0 Å². The van der Waals surface area contributed by atoms with Gasteiger partial charge in [0, 0.05) is 5.56 Å². The number of ketones is 1. The molecule has 1 saturated heterocycles. The zero-order valence-electron chi connectivity index (χ0n) is 13.1. The van der Waals surface area contributed by atoms with Gasteiger partial charge in [-0.15, -0.1) is 0 Å². The zero-order valence-corrected chi connectivity index (χ0v) is 13.1. The highest BCUT2D eigenvalue weighted by Crippen LogP contribution is 2.29. The molecule has 1 aliphatic rings. The summed E-state index contributed by atoms with van der Waals surface area (Å²) in [7, 11) is 1.68. The number of ether oxygens (including phenoxy) is 1. The van der Waals surface area contributed by atoms with E-state index in [1.54, 1.807) is 7.11 Å². The molecular formula is C17H25NO2.